The second kappa shape index (κ2) is 6.11. The second-order valence-electron chi connectivity index (χ2n) is 4.35. The van der Waals surface area contributed by atoms with Crippen molar-refractivity contribution in [1.29, 1.82) is 0 Å². The van der Waals surface area contributed by atoms with Gasteiger partial charge < -0.3 is 10.5 Å². The van der Waals surface area contributed by atoms with E-state index >= 15 is 0 Å². The molecule has 0 spiro atoms. The molecule has 0 aliphatic heterocycles. The van der Waals surface area contributed by atoms with Crippen LogP contribution in [-0.4, -0.2) is 15.5 Å². The van der Waals surface area contributed by atoms with E-state index in [0.29, 0.717) is 11.3 Å². The standard InChI is InChI=1S/C14H15FN2O3S/c1-20-9-10-5-2-3-7-12(10)17-21(18,19)13-8-4-6-11(15)14(13)16/h2-8,17H,9,16H2,1H3. The number of hydrogen-bond acceptors (Lipinski definition) is 4. The Hall–Kier alpha value is -2.12. The molecule has 0 fully saturated rings. The van der Waals surface area contributed by atoms with Gasteiger partial charge in [0.1, 0.15) is 10.7 Å². The largest absolute Gasteiger partial charge is 0.395 e. The number of nitrogen functional groups attached to an aromatic ring is 1. The second-order valence-corrected chi connectivity index (χ2v) is 6.00. The molecule has 3 N–H and O–H groups in total. The van der Waals surface area contributed by atoms with E-state index < -0.39 is 21.5 Å². The molecule has 2 aromatic rings. The first kappa shape index (κ1) is 15.3. The average molecular weight is 310 g/mol. The highest BCUT2D eigenvalue weighted by Crippen LogP contribution is 2.25. The summed E-state index contributed by atoms with van der Waals surface area (Å²) in [4.78, 5) is -0.297. The van der Waals surface area contributed by atoms with Gasteiger partial charge in [0.15, 0.2) is 0 Å². The van der Waals surface area contributed by atoms with Crippen molar-refractivity contribution < 1.29 is 17.5 Å². The fourth-order valence-electron chi connectivity index (χ4n) is 1.85. The van der Waals surface area contributed by atoms with Gasteiger partial charge in [0.2, 0.25) is 0 Å². The topological polar surface area (TPSA) is 81.4 Å². The minimum absolute atomic E-state index is 0.247. The number of halogens is 1. The highest BCUT2D eigenvalue weighted by molar-refractivity contribution is 7.92. The molecule has 0 bridgehead atoms. The van der Waals surface area contributed by atoms with Crippen LogP contribution in [0.3, 0.4) is 0 Å². The lowest BCUT2D eigenvalue weighted by Crippen LogP contribution is -2.16. The van der Waals surface area contributed by atoms with Crippen molar-refractivity contribution >= 4 is 21.4 Å². The number of nitrogens with two attached hydrogens (primary N) is 1. The zero-order chi connectivity index (χ0) is 15.5. The Kier molecular flexibility index (Phi) is 4.44. The molecule has 0 aliphatic carbocycles. The minimum Gasteiger partial charge on any atom is -0.395 e. The molecule has 0 heterocycles. The number of para-hydroxylation sites is 2. The van der Waals surface area contributed by atoms with Crippen molar-refractivity contribution in [3.8, 4) is 0 Å². The van der Waals surface area contributed by atoms with Gasteiger partial charge in [0.25, 0.3) is 10.0 Å². The molecule has 2 aromatic carbocycles. The Bertz CT molecular complexity index is 748. The van der Waals surface area contributed by atoms with Crippen LogP contribution in [0.4, 0.5) is 15.8 Å². The monoisotopic (exact) mass is 310 g/mol. The van der Waals surface area contributed by atoms with E-state index in [1.807, 2.05) is 0 Å². The van der Waals surface area contributed by atoms with Crippen LogP contribution in [0, 0.1) is 5.82 Å². The predicted molar refractivity (Wildman–Crippen MR) is 78.8 cm³/mol. The molecule has 0 radical (unpaired) electrons. The lowest BCUT2D eigenvalue weighted by molar-refractivity contribution is 0.185. The van der Waals surface area contributed by atoms with Crippen LogP contribution < -0.4 is 10.5 Å². The zero-order valence-corrected chi connectivity index (χ0v) is 12.2. The van der Waals surface area contributed by atoms with Crippen LogP contribution in [0.1, 0.15) is 5.56 Å². The van der Waals surface area contributed by atoms with Gasteiger partial charge in [-0.3, -0.25) is 4.72 Å². The summed E-state index contributed by atoms with van der Waals surface area (Å²) in [5.74, 6) is -0.775. The molecule has 0 saturated carbocycles. The Morgan fingerprint density at radius 3 is 2.62 bits per heavy atom. The highest BCUT2D eigenvalue weighted by Gasteiger charge is 2.20. The maximum absolute atomic E-state index is 13.4. The number of methoxy groups -OCH3 is 1. The van der Waals surface area contributed by atoms with Gasteiger partial charge in [-0.15, -0.1) is 0 Å². The summed E-state index contributed by atoms with van der Waals surface area (Å²) >= 11 is 0. The summed E-state index contributed by atoms with van der Waals surface area (Å²) < 4.78 is 45.5. The van der Waals surface area contributed by atoms with E-state index in [0.717, 1.165) is 6.07 Å². The summed E-state index contributed by atoms with van der Waals surface area (Å²) in [7, 11) is -2.47. The lowest BCUT2D eigenvalue weighted by Gasteiger charge is -2.13. The fourth-order valence-corrected chi connectivity index (χ4v) is 3.10. The molecule has 0 atom stereocenters. The quantitative estimate of drug-likeness (QED) is 0.831. The van der Waals surface area contributed by atoms with Crippen LogP contribution in [0.2, 0.25) is 0 Å². The molecule has 2 rings (SSSR count). The van der Waals surface area contributed by atoms with Gasteiger partial charge in [0, 0.05) is 12.7 Å². The van der Waals surface area contributed by atoms with Crippen LogP contribution in [0.15, 0.2) is 47.4 Å². The van der Waals surface area contributed by atoms with Gasteiger partial charge in [-0.2, -0.15) is 0 Å². The fraction of sp³-hybridized carbons (Fsp3) is 0.143. The molecule has 0 aromatic heterocycles. The molecular weight excluding hydrogens is 295 g/mol. The van der Waals surface area contributed by atoms with E-state index in [-0.39, 0.29) is 11.5 Å². The van der Waals surface area contributed by atoms with Gasteiger partial charge >= 0.3 is 0 Å². The Balaban J connectivity index is 2.40. The van der Waals surface area contributed by atoms with Crippen LogP contribution in [-0.2, 0) is 21.4 Å². The molecule has 5 nitrogen and oxygen atoms in total. The highest BCUT2D eigenvalue weighted by atomic mass is 32.2. The normalized spacial score (nSPS) is 11.3. The van der Waals surface area contributed by atoms with Crippen LogP contribution >= 0.6 is 0 Å². The number of ether oxygens (including phenoxy) is 1. The molecule has 0 aliphatic rings. The number of rotatable bonds is 5. The van der Waals surface area contributed by atoms with E-state index in [1.165, 1.54) is 19.2 Å². The predicted octanol–water partition coefficient (Wildman–Crippen LogP) is 2.36. The van der Waals surface area contributed by atoms with E-state index in [2.05, 4.69) is 4.72 Å². The first-order chi connectivity index (χ1) is 9.95. The van der Waals surface area contributed by atoms with E-state index in [4.69, 9.17) is 10.5 Å². The van der Waals surface area contributed by atoms with E-state index in [9.17, 15) is 12.8 Å². The van der Waals surface area contributed by atoms with Crippen molar-refractivity contribution in [2.24, 2.45) is 0 Å². The molecule has 0 amide bonds. The lowest BCUT2D eigenvalue weighted by atomic mass is 10.2. The molecule has 7 heteroatoms. The molecule has 21 heavy (non-hydrogen) atoms. The van der Waals surface area contributed by atoms with Crippen LogP contribution in [0.25, 0.3) is 0 Å². The molecular formula is C14H15FN2O3S. The summed E-state index contributed by atoms with van der Waals surface area (Å²) in [6.07, 6.45) is 0. The summed E-state index contributed by atoms with van der Waals surface area (Å²) in [6.45, 7) is 0.247. The third-order valence-electron chi connectivity index (χ3n) is 2.86. The van der Waals surface area contributed by atoms with Crippen molar-refractivity contribution in [2.45, 2.75) is 11.5 Å². The number of nitrogens with one attached hydrogen (secondary N) is 1. The van der Waals surface area contributed by atoms with Gasteiger partial charge in [-0.05, 0) is 18.2 Å². The van der Waals surface area contributed by atoms with Crippen molar-refractivity contribution in [1.82, 2.24) is 0 Å². The van der Waals surface area contributed by atoms with Crippen molar-refractivity contribution in [3.63, 3.8) is 0 Å². The maximum atomic E-state index is 13.4. The first-order valence-electron chi connectivity index (χ1n) is 6.09. The number of sulfonamides is 1. The SMILES string of the molecule is COCc1ccccc1NS(=O)(=O)c1cccc(F)c1N. The Morgan fingerprint density at radius 1 is 1.19 bits per heavy atom. The molecule has 112 valence electrons. The Labute approximate surface area is 122 Å². The summed E-state index contributed by atoms with van der Waals surface area (Å²) in [6, 6.07) is 10.4. The van der Waals surface area contributed by atoms with Gasteiger partial charge in [-0.25, -0.2) is 12.8 Å². The average Bonchev–Trinajstić information content (AvgIpc) is 2.44. The van der Waals surface area contributed by atoms with E-state index in [1.54, 1.807) is 24.3 Å². The minimum atomic E-state index is -3.98. The van der Waals surface area contributed by atoms with Crippen LogP contribution in [0.5, 0.6) is 0 Å². The third-order valence-corrected chi connectivity index (χ3v) is 4.29. The number of anilines is 2. The molecule has 0 saturated heterocycles. The number of benzene rings is 2. The summed E-state index contributed by atoms with van der Waals surface area (Å²) in [5.41, 5.74) is 6.12. The zero-order valence-electron chi connectivity index (χ0n) is 11.3. The first-order valence-corrected chi connectivity index (χ1v) is 7.57. The Morgan fingerprint density at radius 2 is 1.90 bits per heavy atom. The van der Waals surface area contributed by atoms with Crippen molar-refractivity contribution in [2.75, 3.05) is 17.6 Å². The van der Waals surface area contributed by atoms with Gasteiger partial charge in [-0.1, -0.05) is 24.3 Å². The number of hydrogen-bond donors (Lipinski definition) is 2. The maximum Gasteiger partial charge on any atom is 0.264 e. The smallest absolute Gasteiger partial charge is 0.264 e. The van der Waals surface area contributed by atoms with Crippen molar-refractivity contribution in [3.05, 3.63) is 53.8 Å². The summed E-state index contributed by atoms with van der Waals surface area (Å²) in [5, 5.41) is 0. The third kappa shape index (κ3) is 3.32. The molecule has 0 unspecified atom stereocenters. The van der Waals surface area contributed by atoms with Gasteiger partial charge in [0.05, 0.1) is 18.0 Å².